The average molecular weight is 374 g/mol. The number of benzene rings is 1. The lowest BCUT2D eigenvalue weighted by atomic mass is 10.1. The van der Waals surface area contributed by atoms with Gasteiger partial charge in [-0.15, -0.1) is 11.3 Å². The molecule has 0 spiro atoms. The first kappa shape index (κ1) is 18.4. The summed E-state index contributed by atoms with van der Waals surface area (Å²) in [5.41, 5.74) is 8.19. The predicted octanol–water partition coefficient (Wildman–Crippen LogP) is 0.998. The van der Waals surface area contributed by atoms with E-state index in [1.165, 1.54) is 16.2 Å². The fourth-order valence-corrected chi connectivity index (χ4v) is 4.66. The van der Waals surface area contributed by atoms with Gasteiger partial charge in [-0.25, -0.2) is 0 Å². The molecular weight excluding hydrogens is 350 g/mol. The fraction of sp³-hybridized carbons (Fsp3) is 0.368. The Morgan fingerprint density at radius 3 is 2.65 bits per heavy atom. The maximum Gasteiger partial charge on any atom is 0.280 e. The zero-order chi connectivity index (χ0) is 18.7. The van der Waals surface area contributed by atoms with Gasteiger partial charge in [-0.05, 0) is 49.1 Å². The quantitative estimate of drug-likeness (QED) is 0.676. The van der Waals surface area contributed by atoms with E-state index in [1.807, 2.05) is 31.3 Å². The number of nitrogens with two attached hydrogens (primary N) is 1. The molecule has 0 saturated heterocycles. The average Bonchev–Trinajstić information content (AvgIpc) is 3.15. The van der Waals surface area contributed by atoms with Crippen LogP contribution < -0.4 is 20.7 Å². The summed E-state index contributed by atoms with van der Waals surface area (Å²) in [5, 5.41) is 3.50. The van der Waals surface area contributed by atoms with Crippen molar-refractivity contribution in [2.45, 2.75) is 25.8 Å². The number of carbonyl (C=O) groups excluding carboxylic acids is 2. The largest absolute Gasteiger partial charge is 0.497 e. The van der Waals surface area contributed by atoms with Crippen molar-refractivity contribution in [2.24, 2.45) is 5.73 Å². The molecule has 1 aromatic heterocycles. The van der Waals surface area contributed by atoms with Crippen LogP contribution >= 0.6 is 11.3 Å². The van der Waals surface area contributed by atoms with E-state index in [4.69, 9.17) is 10.5 Å². The molecule has 2 amide bonds. The number of fused-ring (bicyclic) bond motifs is 1. The number of primary amides is 1. The van der Waals surface area contributed by atoms with Crippen LogP contribution in [0.2, 0.25) is 0 Å². The Bertz CT molecular complexity index is 814. The van der Waals surface area contributed by atoms with Crippen molar-refractivity contribution in [1.82, 2.24) is 0 Å². The third-order valence-corrected chi connectivity index (χ3v) is 5.76. The van der Waals surface area contributed by atoms with Crippen molar-refractivity contribution < 1.29 is 19.2 Å². The first-order valence-electron chi connectivity index (χ1n) is 8.66. The highest BCUT2D eigenvalue weighted by molar-refractivity contribution is 7.17. The van der Waals surface area contributed by atoms with E-state index >= 15 is 0 Å². The van der Waals surface area contributed by atoms with Gasteiger partial charge in [0.05, 0.1) is 19.7 Å². The summed E-state index contributed by atoms with van der Waals surface area (Å²) in [7, 11) is 3.60. The maximum absolute atomic E-state index is 12.4. The Balaban J connectivity index is 1.61. The van der Waals surface area contributed by atoms with Gasteiger partial charge in [0.15, 0.2) is 6.54 Å². The molecule has 1 atom stereocenters. The second kappa shape index (κ2) is 7.88. The summed E-state index contributed by atoms with van der Waals surface area (Å²) in [6.07, 6.45) is 2.87. The molecule has 4 N–H and O–H groups in total. The Morgan fingerprint density at radius 2 is 2.00 bits per heavy atom. The first-order chi connectivity index (χ1) is 12.5. The number of hydrogen-bond acceptors (Lipinski definition) is 4. The van der Waals surface area contributed by atoms with Crippen LogP contribution in [-0.2, 0) is 24.2 Å². The van der Waals surface area contributed by atoms with Crippen LogP contribution in [0, 0.1) is 0 Å². The van der Waals surface area contributed by atoms with Crippen molar-refractivity contribution >= 4 is 28.2 Å². The molecule has 2 aromatic rings. The van der Waals surface area contributed by atoms with Gasteiger partial charge < -0.3 is 20.7 Å². The van der Waals surface area contributed by atoms with E-state index in [0.717, 1.165) is 47.6 Å². The lowest BCUT2D eigenvalue weighted by Gasteiger charge is -2.14. The molecule has 1 heterocycles. The van der Waals surface area contributed by atoms with Crippen molar-refractivity contribution in [1.29, 1.82) is 0 Å². The molecule has 3 rings (SSSR count). The van der Waals surface area contributed by atoms with E-state index in [-0.39, 0.29) is 5.91 Å². The number of quaternary nitrogens is 1. The molecule has 0 fully saturated rings. The van der Waals surface area contributed by atoms with Gasteiger partial charge in [0, 0.05) is 10.4 Å². The number of aryl methyl sites for hydroxylation is 1. The number of likely N-dealkylation sites (N-methyl/N-ethyl adjacent to an activating group) is 1. The lowest BCUT2D eigenvalue weighted by molar-refractivity contribution is -0.885. The van der Waals surface area contributed by atoms with Crippen LogP contribution in [0.5, 0.6) is 5.75 Å². The van der Waals surface area contributed by atoms with Crippen LogP contribution in [0.3, 0.4) is 0 Å². The number of ether oxygens (including phenoxy) is 1. The number of carbonyl (C=O) groups is 2. The number of nitrogens with one attached hydrogen (secondary N) is 2. The minimum atomic E-state index is -0.460. The van der Waals surface area contributed by atoms with Crippen molar-refractivity contribution in [2.75, 3.05) is 26.0 Å². The standard InChI is InChI=1S/C19H23N3O3S/c1-22(10-12-6-8-13(25-2)9-7-12)11-16(23)21-19-17(18(20)24)14-4-3-5-15(14)26-19/h6-9H,3-5,10-11H2,1-2H3,(H2,20,24)(H,21,23)/p+1. The zero-order valence-corrected chi connectivity index (χ0v) is 15.9. The topological polar surface area (TPSA) is 85.9 Å². The molecule has 0 bridgehead atoms. The first-order valence-corrected chi connectivity index (χ1v) is 9.48. The molecule has 6 nitrogen and oxygen atoms in total. The van der Waals surface area contributed by atoms with E-state index < -0.39 is 5.91 Å². The molecule has 1 aromatic carbocycles. The highest BCUT2D eigenvalue weighted by Gasteiger charge is 2.26. The van der Waals surface area contributed by atoms with Crippen LogP contribution in [0.15, 0.2) is 24.3 Å². The van der Waals surface area contributed by atoms with E-state index in [0.29, 0.717) is 17.1 Å². The van der Waals surface area contributed by atoms with Crippen molar-refractivity contribution in [3.05, 3.63) is 45.8 Å². The number of rotatable bonds is 7. The zero-order valence-electron chi connectivity index (χ0n) is 15.1. The molecule has 0 aliphatic heterocycles. The second-order valence-electron chi connectivity index (χ2n) is 6.63. The predicted molar refractivity (Wildman–Crippen MR) is 102 cm³/mol. The fourth-order valence-electron chi connectivity index (χ4n) is 3.35. The van der Waals surface area contributed by atoms with E-state index in [9.17, 15) is 9.59 Å². The van der Waals surface area contributed by atoms with Gasteiger partial charge in [-0.1, -0.05) is 0 Å². The summed E-state index contributed by atoms with van der Waals surface area (Å²) in [6.45, 7) is 1.04. The molecule has 0 saturated carbocycles. The Morgan fingerprint density at radius 1 is 1.27 bits per heavy atom. The maximum atomic E-state index is 12.4. The summed E-state index contributed by atoms with van der Waals surface area (Å²) in [6, 6.07) is 7.81. The van der Waals surface area contributed by atoms with Gasteiger partial charge in [0.1, 0.15) is 17.3 Å². The monoisotopic (exact) mass is 374 g/mol. The van der Waals surface area contributed by atoms with E-state index in [1.54, 1.807) is 7.11 Å². The van der Waals surface area contributed by atoms with Crippen LogP contribution in [-0.4, -0.2) is 32.5 Å². The molecule has 1 aliphatic carbocycles. The second-order valence-corrected chi connectivity index (χ2v) is 7.74. The molecule has 138 valence electrons. The molecule has 1 unspecified atom stereocenters. The van der Waals surface area contributed by atoms with Crippen LogP contribution in [0.1, 0.15) is 32.8 Å². The normalized spacial score (nSPS) is 13.9. The Labute approximate surface area is 156 Å². The van der Waals surface area contributed by atoms with Crippen molar-refractivity contribution in [3.63, 3.8) is 0 Å². The smallest absolute Gasteiger partial charge is 0.280 e. The molecule has 1 aliphatic rings. The number of methoxy groups -OCH3 is 1. The minimum absolute atomic E-state index is 0.113. The molecule has 26 heavy (non-hydrogen) atoms. The summed E-state index contributed by atoms with van der Waals surface area (Å²) in [4.78, 5) is 26.4. The minimum Gasteiger partial charge on any atom is -0.497 e. The summed E-state index contributed by atoms with van der Waals surface area (Å²) >= 11 is 1.48. The third-order valence-electron chi connectivity index (χ3n) is 4.55. The number of thiophene rings is 1. The van der Waals surface area contributed by atoms with Gasteiger partial charge in [-0.3, -0.25) is 9.59 Å². The molecule has 7 heteroatoms. The lowest BCUT2D eigenvalue weighted by Crippen LogP contribution is -3.08. The van der Waals surface area contributed by atoms with Crippen molar-refractivity contribution in [3.8, 4) is 5.75 Å². The van der Waals surface area contributed by atoms with Gasteiger partial charge >= 0.3 is 0 Å². The van der Waals surface area contributed by atoms with E-state index in [2.05, 4.69) is 5.32 Å². The summed E-state index contributed by atoms with van der Waals surface area (Å²) < 4.78 is 5.15. The van der Waals surface area contributed by atoms with Crippen LogP contribution in [0.25, 0.3) is 0 Å². The highest BCUT2D eigenvalue weighted by Crippen LogP contribution is 2.38. The highest BCUT2D eigenvalue weighted by atomic mass is 32.1. The van der Waals surface area contributed by atoms with Crippen LogP contribution in [0.4, 0.5) is 5.00 Å². The Hall–Kier alpha value is -2.38. The van der Waals surface area contributed by atoms with Gasteiger partial charge in [0.2, 0.25) is 0 Å². The number of hydrogen-bond donors (Lipinski definition) is 3. The SMILES string of the molecule is COc1ccc(C[NH+](C)CC(=O)Nc2sc3c(c2C(N)=O)CCC3)cc1. The Kier molecular flexibility index (Phi) is 5.58. The van der Waals surface area contributed by atoms with Gasteiger partial charge in [-0.2, -0.15) is 0 Å². The van der Waals surface area contributed by atoms with Gasteiger partial charge in [0.25, 0.3) is 11.8 Å². The number of anilines is 1. The molecular formula is C19H24N3O3S+. The third kappa shape index (κ3) is 4.05. The number of amides is 2. The molecule has 0 radical (unpaired) electrons. The summed E-state index contributed by atoms with van der Waals surface area (Å²) in [5.74, 6) is 0.242.